The van der Waals surface area contributed by atoms with Gasteiger partial charge in [0.2, 0.25) is 0 Å². The molecular weight excluding hydrogens is 324 g/mol. The molecule has 0 aromatic heterocycles. The molecule has 7 atom stereocenters. The molecule has 0 aromatic carbocycles. The molecule has 1 saturated carbocycles. The molecule has 0 radical (unpaired) electrons. The maximum Gasteiger partial charge on any atom is 0.0609 e. The van der Waals surface area contributed by atoms with E-state index in [9.17, 15) is 0 Å². The molecular formula is C23H42O3. The van der Waals surface area contributed by atoms with E-state index in [-0.39, 0.29) is 0 Å². The van der Waals surface area contributed by atoms with Crippen molar-refractivity contribution in [2.24, 2.45) is 35.0 Å². The van der Waals surface area contributed by atoms with Crippen LogP contribution in [0, 0.1) is 35.0 Å². The fourth-order valence-electron chi connectivity index (χ4n) is 5.07. The fourth-order valence-corrected chi connectivity index (χ4v) is 5.07. The molecule has 1 aliphatic carbocycles. The van der Waals surface area contributed by atoms with Gasteiger partial charge in [0, 0.05) is 0 Å². The molecule has 152 valence electrons. The summed E-state index contributed by atoms with van der Waals surface area (Å²) < 4.78 is 18.3. The van der Waals surface area contributed by atoms with Crippen molar-refractivity contribution in [1.82, 2.24) is 0 Å². The van der Waals surface area contributed by atoms with E-state index in [0.717, 1.165) is 31.7 Å². The van der Waals surface area contributed by atoms with Crippen LogP contribution >= 0.6 is 0 Å². The highest BCUT2D eigenvalue weighted by molar-refractivity contribution is 5.03. The summed E-state index contributed by atoms with van der Waals surface area (Å²) in [5.74, 6) is 3.65. The summed E-state index contributed by atoms with van der Waals surface area (Å²) in [6.07, 6.45) is 7.58. The van der Waals surface area contributed by atoms with Crippen LogP contribution in [0.25, 0.3) is 0 Å². The summed E-state index contributed by atoms with van der Waals surface area (Å²) in [5, 5.41) is 0. The van der Waals surface area contributed by atoms with E-state index in [1.165, 1.54) is 32.1 Å². The van der Waals surface area contributed by atoms with Crippen molar-refractivity contribution in [1.29, 1.82) is 0 Å². The SMILES string of the molecule is CC(C)OCC1(C)CC1C1CCC(C(C)CC2CC(C(C)C)CO2)CO1. The first-order chi connectivity index (χ1) is 12.3. The Kier molecular flexibility index (Phi) is 6.73. The summed E-state index contributed by atoms with van der Waals surface area (Å²) in [7, 11) is 0. The van der Waals surface area contributed by atoms with Gasteiger partial charge in [-0.3, -0.25) is 0 Å². The van der Waals surface area contributed by atoms with Crippen LogP contribution in [0.15, 0.2) is 0 Å². The third-order valence-corrected chi connectivity index (χ3v) is 7.46. The lowest BCUT2D eigenvalue weighted by Gasteiger charge is -2.34. The average Bonchev–Trinajstić information content (AvgIpc) is 3.05. The summed E-state index contributed by atoms with van der Waals surface area (Å²) >= 11 is 0. The van der Waals surface area contributed by atoms with Crippen molar-refractivity contribution in [3.05, 3.63) is 0 Å². The zero-order valence-electron chi connectivity index (χ0n) is 18.0. The molecule has 3 nitrogen and oxygen atoms in total. The largest absolute Gasteiger partial charge is 0.378 e. The Morgan fingerprint density at radius 3 is 2.31 bits per heavy atom. The van der Waals surface area contributed by atoms with Crippen molar-refractivity contribution < 1.29 is 14.2 Å². The van der Waals surface area contributed by atoms with E-state index in [4.69, 9.17) is 14.2 Å². The Morgan fingerprint density at radius 1 is 1.00 bits per heavy atom. The van der Waals surface area contributed by atoms with Gasteiger partial charge in [0.25, 0.3) is 0 Å². The number of hydrogen-bond donors (Lipinski definition) is 0. The molecule has 0 N–H and O–H groups in total. The first-order valence-corrected chi connectivity index (χ1v) is 11.1. The molecule has 3 fully saturated rings. The summed E-state index contributed by atoms with van der Waals surface area (Å²) in [5.41, 5.74) is 0.358. The van der Waals surface area contributed by atoms with Crippen molar-refractivity contribution in [2.75, 3.05) is 19.8 Å². The van der Waals surface area contributed by atoms with Crippen LogP contribution < -0.4 is 0 Å². The molecule has 3 aliphatic rings. The Balaban J connectivity index is 1.37. The molecule has 2 heterocycles. The third kappa shape index (κ3) is 5.02. The molecule has 26 heavy (non-hydrogen) atoms. The minimum absolute atomic E-state index is 0.332. The zero-order valence-corrected chi connectivity index (χ0v) is 18.0. The second-order valence-corrected chi connectivity index (χ2v) is 10.4. The van der Waals surface area contributed by atoms with Crippen LogP contribution in [0.2, 0.25) is 0 Å². The van der Waals surface area contributed by atoms with Gasteiger partial charge < -0.3 is 14.2 Å². The van der Waals surface area contributed by atoms with Gasteiger partial charge in [-0.1, -0.05) is 27.7 Å². The first-order valence-electron chi connectivity index (χ1n) is 11.1. The van der Waals surface area contributed by atoms with Crippen LogP contribution in [0.3, 0.4) is 0 Å². The minimum atomic E-state index is 0.332. The standard InChI is InChI=1S/C23H42O3/c1-15(2)19-10-20(24-13-19)9-17(5)18-7-8-22(25-12-18)21-11-23(21,6)14-26-16(3)4/h15-22H,7-14H2,1-6H3. The van der Waals surface area contributed by atoms with Crippen molar-refractivity contribution in [3.63, 3.8) is 0 Å². The zero-order chi connectivity index (χ0) is 18.9. The topological polar surface area (TPSA) is 27.7 Å². The Labute approximate surface area is 161 Å². The Morgan fingerprint density at radius 2 is 1.73 bits per heavy atom. The smallest absolute Gasteiger partial charge is 0.0609 e. The van der Waals surface area contributed by atoms with Gasteiger partial charge in [0.1, 0.15) is 0 Å². The number of ether oxygens (including phenoxy) is 3. The predicted octanol–water partition coefficient (Wildman–Crippen LogP) is 5.32. The molecule has 7 unspecified atom stereocenters. The lowest BCUT2D eigenvalue weighted by Crippen LogP contribution is -2.33. The highest BCUT2D eigenvalue weighted by Crippen LogP contribution is 2.56. The average molecular weight is 367 g/mol. The molecule has 2 saturated heterocycles. The van der Waals surface area contributed by atoms with Gasteiger partial charge in [0.05, 0.1) is 38.1 Å². The van der Waals surface area contributed by atoms with Gasteiger partial charge in [-0.15, -0.1) is 0 Å². The molecule has 0 aromatic rings. The van der Waals surface area contributed by atoms with Crippen LogP contribution in [-0.2, 0) is 14.2 Å². The van der Waals surface area contributed by atoms with E-state index in [0.29, 0.717) is 41.5 Å². The quantitative estimate of drug-likeness (QED) is 0.582. The first kappa shape index (κ1) is 20.6. The van der Waals surface area contributed by atoms with Crippen LogP contribution in [-0.4, -0.2) is 38.1 Å². The number of rotatable bonds is 8. The normalized spacial score (nSPS) is 41.8. The Hall–Kier alpha value is -0.120. The van der Waals surface area contributed by atoms with E-state index in [2.05, 4.69) is 41.5 Å². The summed E-state index contributed by atoms with van der Waals surface area (Å²) in [6.45, 7) is 16.5. The molecule has 0 spiro atoms. The molecule has 0 amide bonds. The third-order valence-electron chi connectivity index (χ3n) is 7.46. The lowest BCUT2D eigenvalue weighted by molar-refractivity contribution is -0.0572. The van der Waals surface area contributed by atoms with Gasteiger partial charge in [-0.2, -0.15) is 0 Å². The molecule has 0 bridgehead atoms. The van der Waals surface area contributed by atoms with E-state index in [1.807, 2.05) is 0 Å². The molecule has 3 rings (SSSR count). The van der Waals surface area contributed by atoms with Crippen molar-refractivity contribution >= 4 is 0 Å². The van der Waals surface area contributed by atoms with Gasteiger partial charge in [0.15, 0.2) is 0 Å². The lowest BCUT2D eigenvalue weighted by atomic mass is 9.82. The molecule has 3 heteroatoms. The monoisotopic (exact) mass is 366 g/mol. The highest BCUT2D eigenvalue weighted by Gasteiger charge is 2.55. The maximum atomic E-state index is 6.37. The van der Waals surface area contributed by atoms with Gasteiger partial charge in [-0.05, 0) is 81.0 Å². The van der Waals surface area contributed by atoms with E-state index in [1.54, 1.807) is 0 Å². The predicted molar refractivity (Wildman–Crippen MR) is 106 cm³/mol. The second kappa shape index (κ2) is 8.49. The fraction of sp³-hybridized carbons (Fsp3) is 1.00. The van der Waals surface area contributed by atoms with E-state index < -0.39 is 0 Å². The van der Waals surface area contributed by atoms with Crippen molar-refractivity contribution in [2.45, 2.75) is 92.0 Å². The highest BCUT2D eigenvalue weighted by atomic mass is 16.5. The maximum absolute atomic E-state index is 6.37. The van der Waals surface area contributed by atoms with Crippen molar-refractivity contribution in [3.8, 4) is 0 Å². The minimum Gasteiger partial charge on any atom is -0.378 e. The van der Waals surface area contributed by atoms with E-state index >= 15 is 0 Å². The second-order valence-electron chi connectivity index (χ2n) is 10.4. The summed E-state index contributed by atoms with van der Waals surface area (Å²) in [4.78, 5) is 0. The van der Waals surface area contributed by atoms with Crippen LogP contribution in [0.1, 0.15) is 73.6 Å². The van der Waals surface area contributed by atoms with Crippen LogP contribution in [0.4, 0.5) is 0 Å². The summed E-state index contributed by atoms with van der Waals surface area (Å²) in [6, 6.07) is 0. The Bertz CT molecular complexity index is 441. The van der Waals surface area contributed by atoms with Gasteiger partial charge in [-0.25, -0.2) is 0 Å². The van der Waals surface area contributed by atoms with Crippen LogP contribution in [0.5, 0.6) is 0 Å². The van der Waals surface area contributed by atoms with Gasteiger partial charge >= 0.3 is 0 Å². The number of hydrogen-bond acceptors (Lipinski definition) is 3. The molecule has 2 aliphatic heterocycles.